The van der Waals surface area contributed by atoms with Crippen molar-refractivity contribution in [3.63, 3.8) is 0 Å². The van der Waals surface area contributed by atoms with Gasteiger partial charge in [0.1, 0.15) is 12.0 Å². The maximum atomic E-state index is 12.6. The smallest absolute Gasteiger partial charge is 0.393 e. The van der Waals surface area contributed by atoms with Gasteiger partial charge < -0.3 is 16.0 Å². The quantitative estimate of drug-likeness (QED) is 0.831. The molecule has 0 radical (unpaired) electrons. The normalized spacial score (nSPS) is 11.4. The average Bonchev–Trinajstić information content (AvgIpc) is 2.54. The molecule has 0 spiro atoms. The number of hydrogen-bond acceptors (Lipinski definition) is 5. The third-order valence-electron chi connectivity index (χ3n) is 3.55. The van der Waals surface area contributed by atoms with Gasteiger partial charge in [0.25, 0.3) is 0 Å². The average molecular weight is 339 g/mol. The van der Waals surface area contributed by atoms with Crippen LogP contribution in [0.3, 0.4) is 0 Å². The Morgan fingerprint density at radius 1 is 1.17 bits per heavy atom. The van der Waals surface area contributed by atoms with Crippen molar-refractivity contribution in [2.45, 2.75) is 25.9 Å². The van der Waals surface area contributed by atoms with E-state index in [1.54, 1.807) is 0 Å². The van der Waals surface area contributed by atoms with E-state index in [9.17, 15) is 13.2 Å². The van der Waals surface area contributed by atoms with Crippen LogP contribution in [0.25, 0.3) is 0 Å². The predicted molar refractivity (Wildman–Crippen MR) is 89.3 cm³/mol. The molecule has 130 valence electrons. The van der Waals surface area contributed by atoms with Crippen molar-refractivity contribution in [3.8, 4) is 0 Å². The van der Waals surface area contributed by atoms with Gasteiger partial charge in [-0.2, -0.15) is 13.2 Å². The number of nitrogens with one attached hydrogen (secondary N) is 1. The lowest BCUT2D eigenvalue weighted by molar-refractivity contribution is -0.137. The molecule has 0 aliphatic carbocycles. The number of nitrogens with two attached hydrogens (primary N) is 1. The molecule has 0 saturated heterocycles. The minimum Gasteiger partial charge on any atom is -0.393 e. The topological polar surface area (TPSA) is 67.1 Å². The summed E-state index contributed by atoms with van der Waals surface area (Å²) in [7, 11) is 1.89. The van der Waals surface area contributed by atoms with Crippen LogP contribution in [0.15, 0.2) is 30.6 Å². The lowest BCUT2D eigenvalue weighted by atomic mass is 10.2. The summed E-state index contributed by atoms with van der Waals surface area (Å²) in [6.07, 6.45) is -0.935. The number of nitrogens with zero attached hydrogens (tertiary/aromatic N) is 3. The maximum Gasteiger partial charge on any atom is 0.416 e. The summed E-state index contributed by atoms with van der Waals surface area (Å²) in [6.45, 7) is 2.90. The molecule has 0 aliphatic rings. The fourth-order valence-corrected chi connectivity index (χ4v) is 2.17. The van der Waals surface area contributed by atoms with Gasteiger partial charge in [-0.1, -0.05) is 13.3 Å². The third-order valence-corrected chi connectivity index (χ3v) is 3.55. The fourth-order valence-electron chi connectivity index (χ4n) is 2.17. The van der Waals surface area contributed by atoms with E-state index < -0.39 is 11.7 Å². The number of anilines is 4. The highest BCUT2D eigenvalue weighted by Gasteiger charge is 2.29. The third kappa shape index (κ3) is 4.27. The summed E-state index contributed by atoms with van der Waals surface area (Å²) in [5.41, 5.74) is 6.21. The summed E-state index contributed by atoms with van der Waals surface area (Å²) in [6, 6.07) is 4.69. The highest BCUT2D eigenvalue weighted by Crippen LogP contribution is 2.31. The van der Waals surface area contributed by atoms with Crippen molar-refractivity contribution in [2.24, 2.45) is 0 Å². The zero-order valence-corrected chi connectivity index (χ0v) is 13.6. The van der Waals surface area contributed by atoms with E-state index in [4.69, 9.17) is 5.73 Å². The Morgan fingerprint density at radius 2 is 1.83 bits per heavy atom. The zero-order chi connectivity index (χ0) is 17.7. The van der Waals surface area contributed by atoms with Crippen LogP contribution >= 0.6 is 0 Å². The second-order valence-corrected chi connectivity index (χ2v) is 5.43. The van der Waals surface area contributed by atoms with E-state index in [2.05, 4.69) is 22.2 Å². The Kier molecular flexibility index (Phi) is 5.48. The number of halogens is 3. The molecule has 0 fully saturated rings. The Hall–Kier alpha value is -2.51. The number of rotatable bonds is 6. The summed E-state index contributed by atoms with van der Waals surface area (Å²) < 4.78 is 37.8. The van der Waals surface area contributed by atoms with E-state index in [0.717, 1.165) is 31.5 Å². The van der Waals surface area contributed by atoms with Gasteiger partial charge in [0.2, 0.25) is 0 Å². The van der Waals surface area contributed by atoms with Crippen LogP contribution in [0, 0.1) is 0 Å². The Balaban J connectivity index is 2.18. The van der Waals surface area contributed by atoms with E-state index in [-0.39, 0.29) is 0 Å². The van der Waals surface area contributed by atoms with Crippen molar-refractivity contribution >= 4 is 23.0 Å². The number of hydrogen-bond donors (Lipinski definition) is 2. The van der Waals surface area contributed by atoms with Crippen LogP contribution in [0.2, 0.25) is 0 Å². The molecule has 3 N–H and O–H groups in total. The summed E-state index contributed by atoms with van der Waals surface area (Å²) in [5, 5.41) is 2.93. The lowest BCUT2D eigenvalue weighted by Crippen LogP contribution is -2.21. The monoisotopic (exact) mass is 339 g/mol. The van der Waals surface area contributed by atoms with Crippen LogP contribution in [0.1, 0.15) is 25.3 Å². The highest BCUT2D eigenvalue weighted by molar-refractivity contribution is 5.78. The molecule has 0 atom stereocenters. The predicted octanol–water partition coefficient (Wildman–Crippen LogP) is 4.06. The molecule has 0 saturated carbocycles. The molecule has 0 aliphatic heterocycles. The van der Waals surface area contributed by atoms with Gasteiger partial charge >= 0.3 is 6.18 Å². The maximum absolute atomic E-state index is 12.6. The first kappa shape index (κ1) is 17.8. The summed E-state index contributed by atoms with van der Waals surface area (Å²) in [5.74, 6) is 0.955. The summed E-state index contributed by atoms with van der Waals surface area (Å²) in [4.78, 5) is 10.2. The van der Waals surface area contributed by atoms with Crippen LogP contribution in [-0.4, -0.2) is 23.6 Å². The number of nitrogen functional groups attached to an aromatic ring is 1. The number of alkyl halides is 3. The van der Waals surface area contributed by atoms with E-state index in [1.165, 1.54) is 18.5 Å². The molecular formula is C16H20F3N5. The van der Waals surface area contributed by atoms with Crippen LogP contribution < -0.4 is 16.0 Å². The SMILES string of the molecule is CCCCN(C)c1ncnc(Nc2ccc(C(F)(F)F)cc2)c1N. The van der Waals surface area contributed by atoms with Gasteiger partial charge in [0.05, 0.1) is 5.56 Å². The molecular weight excluding hydrogens is 319 g/mol. The van der Waals surface area contributed by atoms with Crippen molar-refractivity contribution in [2.75, 3.05) is 29.5 Å². The van der Waals surface area contributed by atoms with Crippen LogP contribution in [0.5, 0.6) is 0 Å². The van der Waals surface area contributed by atoms with E-state index >= 15 is 0 Å². The van der Waals surface area contributed by atoms with Crippen molar-refractivity contribution in [1.29, 1.82) is 0 Å². The van der Waals surface area contributed by atoms with Gasteiger partial charge in [-0.3, -0.25) is 0 Å². The van der Waals surface area contributed by atoms with Crippen LogP contribution in [0.4, 0.5) is 36.2 Å². The minimum atomic E-state index is -4.36. The molecule has 1 aromatic heterocycles. The molecule has 1 heterocycles. The zero-order valence-electron chi connectivity index (χ0n) is 13.6. The molecule has 5 nitrogen and oxygen atoms in total. The Bertz CT molecular complexity index is 670. The Morgan fingerprint density at radius 3 is 2.42 bits per heavy atom. The Labute approximate surface area is 138 Å². The minimum absolute atomic E-state index is 0.357. The van der Waals surface area contributed by atoms with Crippen molar-refractivity contribution in [1.82, 2.24) is 9.97 Å². The largest absolute Gasteiger partial charge is 0.416 e. The first-order valence-electron chi connectivity index (χ1n) is 7.58. The van der Waals surface area contributed by atoms with E-state index in [1.807, 2.05) is 11.9 Å². The van der Waals surface area contributed by atoms with E-state index in [0.29, 0.717) is 23.0 Å². The fraction of sp³-hybridized carbons (Fsp3) is 0.375. The second-order valence-electron chi connectivity index (χ2n) is 5.43. The molecule has 2 aromatic rings. The van der Waals surface area contributed by atoms with Gasteiger partial charge in [-0.15, -0.1) is 0 Å². The molecule has 0 bridgehead atoms. The first-order chi connectivity index (χ1) is 11.3. The number of unbranched alkanes of at least 4 members (excludes halogenated alkanes) is 1. The second kappa shape index (κ2) is 7.37. The highest BCUT2D eigenvalue weighted by atomic mass is 19.4. The van der Waals surface area contributed by atoms with Gasteiger partial charge in [-0.25, -0.2) is 9.97 Å². The molecule has 8 heteroatoms. The molecule has 1 aromatic carbocycles. The van der Waals surface area contributed by atoms with Gasteiger partial charge in [0.15, 0.2) is 11.6 Å². The number of benzene rings is 1. The standard InChI is InChI=1S/C16H20F3N5/c1-3-4-9-24(2)15-13(20)14(21-10-22-15)23-12-7-5-11(6-8-12)16(17,18)19/h5-8,10H,3-4,9,20H2,1-2H3,(H,21,22,23). The van der Waals surface area contributed by atoms with Gasteiger partial charge in [0, 0.05) is 19.3 Å². The van der Waals surface area contributed by atoms with Gasteiger partial charge in [-0.05, 0) is 30.7 Å². The molecule has 24 heavy (non-hydrogen) atoms. The van der Waals surface area contributed by atoms with Crippen molar-refractivity contribution in [3.05, 3.63) is 36.2 Å². The number of aromatic nitrogens is 2. The van der Waals surface area contributed by atoms with Crippen LogP contribution in [-0.2, 0) is 6.18 Å². The molecule has 2 rings (SSSR count). The molecule has 0 amide bonds. The van der Waals surface area contributed by atoms with Crippen molar-refractivity contribution < 1.29 is 13.2 Å². The lowest BCUT2D eigenvalue weighted by Gasteiger charge is -2.20. The molecule has 0 unspecified atom stereocenters. The first-order valence-corrected chi connectivity index (χ1v) is 7.58. The summed E-state index contributed by atoms with van der Waals surface area (Å²) >= 11 is 0.